The summed E-state index contributed by atoms with van der Waals surface area (Å²) in [7, 11) is 0. The first kappa shape index (κ1) is 18.2. The van der Waals surface area contributed by atoms with Gasteiger partial charge in [-0.3, -0.25) is 9.48 Å². The predicted molar refractivity (Wildman–Crippen MR) is 102 cm³/mol. The third kappa shape index (κ3) is 4.51. The van der Waals surface area contributed by atoms with Crippen molar-refractivity contribution < 1.29 is 9.53 Å². The highest BCUT2D eigenvalue weighted by Gasteiger charge is 2.09. The molecule has 1 amide bonds. The van der Waals surface area contributed by atoms with Gasteiger partial charge >= 0.3 is 0 Å². The van der Waals surface area contributed by atoms with E-state index in [1.165, 1.54) is 5.56 Å². The summed E-state index contributed by atoms with van der Waals surface area (Å²) < 4.78 is 9.87. The van der Waals surface area contributed by atoms with Crippen molar-refractivity contribution in [2.24, 2.45) is 0 Å². The van der Waals surface area contributed by atoms with Crippen molar-refractivity contribution in [2.75, 3.05) is 5.32 Å². The van der Waals surface area contributed by atoms with Crippen LogP contribution in [-0.4, -0.2) is 25.5 Å². The van der Waals surface area contributed by atoms with Gasteiger partial charge in [-0.15, -0.1) is 0 Å². The molecule has 3 rings (SSSR count). The molecular weight excluding hydrogens is 398 g/mol. The Hall–Kier alpha value is -2.61. The van der Waals surface area contributed by atoms with Crippen LogP contribution in [0.25, 0.3) is 0 Å². The Morgan fingerprint density at radius 1 is 1.23 bits per heavy atom. The summed E-state index contributed by atoms with van der Waals surface area (Å²) in [5.41, 5.74) is 3.72. The van der Waals surface area contributed by atoms with Gasteiger partial charge < -0.3 is 10.1 Å². The Bertz CT molecular complexity index is 912. The molecule has 136 valence electrons. The molecule has 0 saturated heterocycles. The standard InChI is InChI=1S/C18H20BrN5O2/c1-12-4-5-17(13(2)6-12)26-11-24-8-15(7-20-24)21-18(25)10-23-9-16(19)14(3)22-23/h4-9H,10-11H2,1-3H3,(H,21,25). The van der Waals surface area contributed by atoms with Gasteiger partial charge in [0.15, 0.2) is 6.73 Å². The molecule has 1 aromatic carbocycles. The molecular formula is C18H20BrN5O2. The molecule has 1 N–H and O–H groups in total. The molecule has 0 aliphatic rings. The molecule has 0 radical (unpaired) electrons. The zero-order valence-corrected chi connectivity index (χ0v) is 16.4. The molecule has 7 nitrogen and oxygen atoms in total. The number of ether oxygens (including phenoxy) is 1. The lowest BCUT2D eigenvalue weighted by molar-refractivity contribution is -0.116. The molecule has 8 heteroatoms. The number of nitrogens with zero attached hydrogens (tertiary/aromatic N) is 4. The van der Waals surface area contributed by atoms with Gasteiger partial charge in [-0.25, -0.2) is 4.68 Å². The molecule has 0 spiro atoms. The second kappa shape index (κ2) is 7.74. The van der Waals surface area contributed by atoms with Crippen molar-refractivity contribution in [2.45, 2.75) is 34.0 Å². The van der Waals surface area contributed by atoms with E-state index < -0.39 is 0 Å². The Morgan fingerprint density at radius 3 is 2.73 bits per heavy atom. The minimum absolute atomic E-state index is 0.136. The fourth-order valence-electron chi connectivity index (χ4n) is 2.52. The summed E-state index contributed by atoms with van der Waals surface area (Å²) in [6.07, 6.45) is 5.09. The molecule has 0 aliphatic carbocycles. The summed E-state index contributed by atoms with van der Waals surface area (Å²) in [6.45, 7) is 6.33. The average Bonchev–Trinajstić information content (AvgIpc) is 3.13. The van der Waals surface area contributed by atoms with E-state index >= 15 is 0 Å². The number of nitrogens with one attached hydrogen (secondary N) is 1. The van der Waals surface area contributed by atoms with Crippen LogP contribution in [0.5, 0.6) is 5.75 Å². The molecule has 2 heterocycles. The monoisotopic (exact) mass is 417 g/mol. The largest absolute Gasteiger partial charge is 0.471 e. The molecule has 0 bridgehead atoms. The van der Waals surface area contributed by atoms with Gasteiger partial charge in [-0.1, -0.05) is 17.7 Å². The maximum atomic E-state index is 12.1. The van der Waals surface area contributed by atoms with E-state index in [4.69, 9.17) is 4.74 Å². The second-order valence-corrected chi connectivity index (χ2v) is 6.97. The lowest BCUT2D eigenvalue weighted by Crippen LogP contribution is -2.18. The highest BCUT2D eigenvalue weighted by Crippen LogP contribution is 2.19. The van der Waals surface area contributed by atoms with Crippen LogP contribution < -0.4 is 10.1 Å². The topological polar surface area (TPSA) is 74.0 Å². The number of benzene rings is 1. The smallest absolute Gasteiger partial charge is 0.246 e. The van der Waals surface area contributed by atoms with Gasteiger partial charge in [0, 0.05) is 6.20 Å². The van der Waals surface area contributed by atoms with Crippen molar-refractivity contribution in [1.82, 2.24) is 19.6 Å². The highest BCUT2D eigenvalue weighted by molar-refractivity contribution is 9.10. The zero-order valence-electron chi connectivity index (χ0n) is 14.9. The van der Waals surface area contributed by atoms with Gasteiger partial charge in [0.2, 0.25) is 5.91 Å². The third-order valence-electron chi connectivity index (χ3n) is 3.79. The van der Waals surface area contributed by atoms with Crippen LogP contribution in [0.15, 0.2) is 41.3 Å². The Labute approximate surface area is 160 Å². The van der Waals surface area contributed by atoms with Gasteiger partial charge in [0.1, 0.15) is 12.3 Å². The summed E-state index contributed by atoms with van der Waals surface area (Å²) in [5.74, 6) is 0.645. The average molecular weight is 418 g/mol. The van der Waals surface area contributed by atoms with Gasteiger partial charge in [0.05, 0.1) is 28.2 Å². The summed E-state index contributed by atoms with van der Waals surface area (Å²) in [4.78, 5) is 12.1. The number of rotatable bonds is 6. The summed E-state index contributed by atoms with van der Waals surface area (Å²) >= 11 is 3.38. The second-order valence-electron chi connectivity index (χ2n) is 6.12. The molecule has 0 atom stereocenters. The van der Waals surface area contributed by atoms with Crippen LogP contribution in [0.3, 0.4) is 0 Å². The van der Waals surface area contributed by atoms with Crippen LogP contribution in [0.4, 0.5) is 5.69 Å². The van der Waals surface area contributed by atoms with Crippen molar-refractivity contribution >= 4 is 27.5 Å². The van der Waals surface area contributed by atoms with Crippen LogP contribution in [0, 0.1) is 20.8 Å². The predicted octanol–water partition coefficient (Wildman–Crippen LogP) is 3.44. The van der Waals surface area contributed by atoms with Crippen molar-refractivity contribution in [1.29, 1.82) is 0 Å². The van der Waals surface area contributed by atoms with E-state index in [1.54, 1.807) is 28.0 Å². The number of aromatic nitrogens is 4. The normalized spacial score (nSPS) is 10.8. The van der Waals surface area contributed by atoms with E-state index in [0.717, 1.165) is 21.5 Å². The first-order valence-corrected chi connectivity index (χ1v) is 8.92. The molecule has 0 fully saturated rings. The number of hydrogen-bond acceptors (Lipinski definition) is 4. The minimum atomic E-state index is -0.171. The maximum absolute atomic E-state index is 12.1. The molecule has 26 heavy (non-hydrogen) atoms. The molecule has 0 aliphatic heterocycles. The molecule has 0 unspecified atom stereocenters. The van der Waals surface area contributed by atoms with Gasteiger partial charge in [0.25, 0.3) is 0 Å². The number of aryl methyl sites for hydroxylation is 3. The Morgan fingerprint density at radius 2 is 2.04 bits per heavy atom. The van der Waals surface area contributed by atoms with Crippen molar-refractivity contribution in [3.8, 4) is 5.75 Å². The SMILES string of the molecule is Cc1ccc(OCn2cc(NC(=O)Cn3cc(Br)c(C)n3)cn2)c(C)c1. The minimum Gasteiger partial charge on any atom is -0.471 e. The van der Waals surface area contributed by atoms with Crippen molar-refractivity contribution in [3.63, 3.8) is 0 Å². The van der Waals surface area contributed by atoms with E-state index in [1.807, 2.05) is 32.9 Å². The Kier molecular flexibility index (Phi) is 5.41. The number of hydrogen-bond donors (Lipinski definition) is 1. The summed E-state index contributed by atoms with van der Waals surface area (Å²) in [5, 5.41) is 11.2. The van der Waals surface area contributed by atoms with Crippen LogP contribution >= 0.6 is 15.9 Å². The Balaban J connectivity index is 1.54. The maximum Gasteiger partial charge on any atom is 0.246 e. The number of carbonyl (C=O) groups is 1. The number of amides is 1. The summed E-state index contributed by atoms with van der Waals surface area (Å²) in [6, 6.07) is 6.02. The number of anilines is 1. The first-order chi connectivity index (χ1) is 12.4. The van der Waals surface area contributed by atoms with Gasteiger partial charge in [-0.2, -0.15) is 10.2 Å². The highest BCUT2D eigenvalue weighted by atomic mass is 79.9. The van der Waals surface area contributed by atoms with Crippen LogP contribution in [0.1, 0.15) is 16.8 Å². The third-order valence-corrected chi connectivity index (χ3v) is 4.57. The zero-order chi connectivity index (χ0) is 18.7. The van der Waals surface area contributed by atoms with E-state index in [-0.39, 0.29) is 19.2 Å². The number of halogens is 1. The molecule has 0 saturated carbocycles. The molecule has 3 aromatic rings. The fourth-order valence-corrected chi connectivity index (χ4v) is 2.83. The lowest BCUT2D eigenvalue weighted by Gasteiger charge is -2.09. The van der Waals surface area contributed by atoms with Crippen molar-refractivity contribution in [3.05, 3.63) is 58.1 Å². The van der Waals surface area contributed by atoms with E-state index in [0.29, 0.717) is 5.69 Å². The van der Waals surface area contributed by atoms with Gasteiger partial charge in [-0.05, 0) is 48.3 Å². The first-order valence-electron chi connectivity index (χ1n) is 8.12. The molecule has 2 aromatic heterocycles. The van der Waals surface area contributed by atoms with E-state index in [2.05, 4.69) is 37.5 Å². The fraction of sp³-hybridized carbons (Fsp3) is 0.278. The van der Waals surface area contributed by atoms with Crippen LogP contribution in [-0.2, 0) is 18.1 Å². The van der Waals surface area contributed by atoms with Crippen LogP contribution in [0.2, 0.25) is 0 Å². The quantitative estimate of drug-likeness (QED) is 0.666. The van der Waals surface area contributed by atoms with E-state index in [9.17, 15) is 4.79 Å². The number of carbonyl (C=O) groups excluding carboxylic acids is 1. The lowest BCUT2D eigenvalue weighted by atomic mass is 10.1.